The summed E-state index contributed by atoms with van der Waals surface area (Å²) in [5.74, 6) is 0.572. The third-order valence-electron chi connectivity index (χ3n) is 2.42. The minimum Gasteiger partial charge on any atom is -0.482 e. The van der Waals surface area contributed by atoms with Crippen LogP contribution in [0.15, 0.2) is 47.1 Å². The molecular weight excluding hydrogens is 390 g/mol. The highest BCUT2D eigenvalue weighted by Crippen LogP contribution is 2.22. The van der Waals surface area contributed by atoms with E-state index >= 15 is 0 Å². The average molecular weight is 401 g/mol. The molecule has 8 heteroatoms. The maximum atomic E-state index is 11.7. The largest absolute Gasteiger partial charge is 0.482 e. The molecule has 0 aliphatic heterocycles. The summed E-state index contributed by atoms with van der Waals surface area (Å²) in [7, 11) is 0. The van der Waals surface area contributed by atoms with E-state index in [1.807, 2.05) is 0 Å². The SMILES string of the molecule is O=C(COc1ccccc1Cl)NC(=S)Nc1ccc(Br)cn1. The van der Waals surface area contributed by atoms with Gasteiger partial charge in [0.1, 0.15) is 11.6 Å². The number of pyridine rings is 1. The van der Waals surface area contributed by atoms with Crippen LogP contribution in [0.2, 0.25) is 5.02 Å². The van der Waals surface area contributed by atoms with Crippen molar-refractivity contribution in [1.29, 1.82) is 0 Å². The number of aromatic nitrogens is 1. The van der Waals surface area contributed by atoms with Crippen molar-refractivity contribution in [2.75, 3.05) is 11.9 Å². The standard InChI is InChI=1S/C14H11BrClN3O2S/c15-9-5-6-12(17-7-9)18-14(22)19-13(20)8-21-11-4-2-1-3-10(11)16/h1-7H,8H2,(H2,17,18,19,20,22). The lowest BCUT2D eigenvalue weighted by molar-refractivity contribution is -0.121. The number of nitrogens with zero attached hydrogens (tertiary/aromatic N) is 1. The van der Waals surface area contributed by atoms with Gasteiger partial charge in [0.25, 0.3) is 5.91 Å². The van der Waals surface area contributed by atoms with Gasteiger partial charge in [0.15, 0.2) is 11.7 Å². The molecule has 0 radical (unpaired) electrons. The van der Waals surface area contributed by atoms with Crippen molar-refractivity contribution in [2.24, 2.45) is 0 Å². The molecule has 2 rings (SSSR count). The summed E-state index contributed by atoms with van der Waals surface area (Å²) in [5.41, 5.74) is 0. The van der Waals surface area contributed by atoms with E-state index in [1.54, 1.807) is 42.6 Å². The molecule has 1 aromatic heterocycles. The van der Waals surface area contributed by atoms with Crippen molar-refractivity contribution in [1.82, 2.24) is 10.3 Å². The zero-order chi connectivity index (χ0) is 15.9. The number of ether oxygens (including phenoxy) is 1. The van der Waals surface area contributed by atoms with E-state index in [4.69, 9.17) is 28.6 Å². The van der Waals surface area contributed by atoms with E-state index in [-0.39, 0.29) is 11.7 Å². The molecule has 0 saturated carbocycles. The highest BCUT2D eigenvalue weighted by molar-refractivity contribution is 9.10. The van der Waals surface area contributed by atoms with E-state index in [2.05, 4.69) is 31.5 Å². The Morgan fingerprint density at radius 1 is 1.32 bits per heavy atom. The van der Waals surface area contributed by atoms with Gasteiger partial charge < -0.3 is 10.1 Å². The van der Waals surface area contributed by atoms with E-state index in [0.717, 1.165) is 4.47 Å². The summed E-state index contributed by atoms with van der Waals surface area (Å²) < 4.78 is 6.16. The average Bonchev–Trinajstić information content (AvgIpc) is 2.49. The molecule has 2 aromatic rings. The molecule has 2 N–H and O–H groups in total. The fraction of sp³-hybridized carbons (Fsp3) is 0.0714. The third kappa shape index (κ3) is 5.25. The quantitative estimate of drug-likeness (QED) is 0.770. The molecule has 0 bridgehead atoms. The molecule has 1 amide bonds. The maximum Gasteiger partial charge on any atom is 0.264 e. The van der Waals surface area contributed by atoms with Gasteiger partial charge in [0.05, 0.1) is 5.02 Å². The topological polar surface area (TPSA) is 63.2 Å². The van der Waals surface area contributed by atoms with Crippen LogP contribution >= 0.6 is 39.7 Å². The Balaban J connectivity index is 1.80. The van der Waals surface area contributed by atoms with Crippen LogP contribution in [0.1, 0.15) is 0 Å². The molecule has 0 spiro atoms. The van der Waals surface area contributed by atoms with Crippen LogP contribution in [0.4, 0.5) is 5.82 Å². The normalized spacial score (nSPS) is 9.91. The number of amides is 1. The summed E-state index contributed by atoms with van der Waals surface area (Å²) >= 11 is 14.2. The Morgan fingerprint density at radius 2 is 2.09 bits per heavy atom. The molecule has 22 heavy (non-hydrogen) atoms. The number of nitrogens with one attached hydrogen (secondary N) is 2. The molecule has 114 valence electrons. The zero-order valence-electron chi connectivity index (χ0n) is 11.2. The van der Waals surface area contributed by atoms with Gasteiger partial charge >= 0.3 is 0 Å². The Bertz CT molecular complexity index is 682. The highest BCUT2D eigenvalue weighted by atomic mass is 79.9. The molecule has 0 unspecified atom stereocenters. The van der Waals surface area contributed by atoms with E-state index in [0.29, 0.717) is 16.6 Å². The Morgan fingerprint density at radius 3 is 2.77 bits per heavy atom. The van der Waals surface area contributed by atoms with Crippen molar-refractivity contribution >= 4 is 56.6 Å². The monoisotopic (exact) mass is 399 g/mol. The van der Waals surface area contributed by atoms with Crippen molar-refractivity contribution in [3.05, 3.63) is 52.1 Å². The summed E-state index contributed by atoms with van der Waals surface area (Å²) in [4.78, 5) is 15.8. The summed E-state index contributed by atoms with van der Waals surface area (Å²) in [6.07, 6.45) is 1.62. The lowest BCUT2D eigenvalue weighted by atomic mass is 10.3. The number of hydrogen-bond donors (Lipinski definition) is 2. The van der Waals surface area contributed by atoms with Crippen LogP contribution in [0, 0.1) is 0 Å². The van der Waals surface area contributed by atoms with Gasteiger partial charge in [-0.2, -0.15) is 0 Å². The van der Waals surface area contributed by atoms with Gasteiger partial charge in [-0.3, -0.25) is 10.1 Å². The predicted molar refractivity (Wildman–Crippen MR) is 93.2 cm³/mol. The van der Waals surface area contributed by atoms with E-state index < -0.39 is 5.91 Å². The van der Waals surface area contributed by atoms with E-state index in [9.17, 15) is 4.79 Å². The molecule has 0 fully saturated rings. The molecule has 0 atom stereocenters. The van der Waals surface area contributed by atoms with Gasteiger partial charge in [0.2, 0.25) is 0 Å². The zero-order valence-corrected chi connectivity index (χ0v) is 14.3. The summed E-state index contributed by atoms with van der Waals surface area (Å²) in [5, 5.41) is 5.87. The molecular formula is C14H11BrClN3O2S. The minimum absolute atomic E-state index is 0.141. The van der Waals surface area contributed by atoms with Gasteiger partial charge in [-0.15, -0.1) is 0 Å². The second-order valence-corrected chi connectivity index (χ2v) is 5.81. The molecule has 1 aromatic carbocycles. The van der Waals surface area contributed by atoms with Crippen LogP contribution in [0.3, 0.4) is 0 Å². The molecule has 0 saturated heterocycles. The second-order valence-electron chi connectivity index (χ2n) is 4.08. The Kier molecular flexibility index (Phi) is 6.11. The first-order chi connectivity index (χ1) is 10.5. The highest BCUT2D eigenvalue weighted by Gasteiger charge is 2.08. The van der Waals surface area contributed by atoms with Crippen molar-refractivity contribution in [3.63, 3.8) is 0 Å². The molecule has 5 nitrogen and oxygen atoms in total. The summed E-state index contributed by atoms with van der Waals surface area (Å²) in [6, 6.07) is 10.4. The van der Waals surface area contributed by atoms with Gasteiger partial charge in [-0.1, -0.05) is 23.7 Å². The number of para-hydroxylation sites is 1. The Labute approximate surface area is 146 Å². The Hall–Kier alpha value is -1.70. The van der Waals surface area contributed by atoms with Crippen LogP contribution in [0.5, 0.6) is 5.75 Å². The number of carbonyl (C=O) groups is 1. The minimum atomic E-state index is -0.394. The van der Waals surface area contributed by atoms with Gasteiger partial charge in [-0.05, 0) is 52.4 Å². The number of hydrogen-bond acceptors (Lipinski definition) is 4. The number of carbonyl (C=O) groups excluding carboxylic acids is 1. The van der Waals surface area contributed by atoms with Crippen LogP contribution < -0.4 is 15.4 Å². The first-order valence-electron chi connectivity index (χ1n) is 6.14. The second kappa shape index (κ2) is 8.07. The number of benzene rings is 1. The lowest BCUT2D eigenvalue weighted by Gasteiger charge is -2.10. The molecule has 1 heterocycles. The number of halogens is 2. The fourth-order valence-electron chi connectivity index (χ4n) is 1.47. The number of thiocarbonyl (C=S) groups is 1. The van der Waals surface area contributed by atoms with Gasteiger partial charge in [0, 0.05) is 10.7 Å². The van der Waals surface area contributed by atoms with Crippen LogP contribution in [-0.2, 0) is 4.79 Å². The third-order valence-corrected chi connectivity index (χ3v) is 3.40. The first-order valence-corrected chi connectivity index (χ1v) is 7.72. The van der Waals surface area contributed by atoms with E-state index in [1.165, 1.54) is 0 Å². The predicted octanol–water partition coefficient (Wildman–Crippen LogP) is 3.39. The van der Waals surface area contributed by atoms with Crippen molar-refractivity contribution < 1.29 is 9.53 Å². The smallest absolute Gasteiger partial charge is 0.264 e. The lowest BCUT2D eigenvalue weighted by Crippen LogP contribution is -2.37. The maximum absolute atomic E-state index is 11.7. The van der Waals surface area contributed by atoms with Gasteiger partial charge in [-0.25, -0.2) is 4.98 Å². The fourth-order valence-corrected chi connectivity index (χ4v) is 2.11. The van der Waals surface area contributed by atoms with Crippen LogP contribution in [0.25, 0.3) is 0 Å². The molecule has 0 aliphatic rings. The van der Waals surface area contributed by atoms with Crippen LogP contribution in [-0.4, -0.2) is 22.6 Å². The molecule has 0 aliphatic carbocycles. The first kappa shape index (κ1) is 16.7. The van der Waals surface area contributed by atoms with Crippen molar-refractivity contribution in [3.8, 4) is 5.75 Å². The number of anilines is 1. The number of rotatable bonds is 4. The summed E-state index contributed by atoms with van der Waals surface area (Å²) in [6.45, 7) is -0.195. The van der Waals surface area contributed by atoms with Crippen molar-refractivity contribution in [2.45, 2.75) is 0 Å².